The number of rotatable bonds is 3. The average Bonchev–Trinajstić information content (AvgIpc) is 2.73. The molecular formula is C22H20FN3O3S. The zero-order valence-corrected chi connectivity index (χ0v) is 17.2. The molecule has 6 nitrogen and oxygen atoms in total. The summed E-state index contributed by atoms with van der Waals surface area (Å²) in [5.41, 5.74) is 2.21. The second kappa shape index (κ2) is 8.33. The lowest BCUT2D eigenvalue weighted by Gasteiger charge is -2.30. The van der Waals surface area contributed by atoms with Crippen LogP contribution in [-0.4, -0.2) is 43.2 Å². The number of halogens is 1. The highest BCUT2D eigenvalue weighted by Gasteiger charge is 2.35. The Hall–Kier alpha value is -3.10. The number of hydrogen-bond donors (Lipinski definition) is 1. The molecule has 154 valence electrons. The fourth-order valence-electron chi connectivity index (χ4n) is 3.53. The van der Waals surface area contributed by atoms with Crippen molar-refractivity contribution in [3.05, 3.63) is 65.0 Å². The van der Waals surface area contributed by atoms with Gasteiger partial charge in [-0.3, -0.25) is 19.8 Å². The van der Waals surface area contributed by atoms with Gasteiger partial charge in [-0.05, 0) is 54.5 Å². The summed E-state index contributed by atoms with van der Waals surface area (Å²) in [7, 11) is 0. The van der Waals surface area contributed by atoms with Gasteiger partial charge in [0, 0.05) is 13.1 Å². The van der Waals surface area contributed by atoms with Crippen molar-refractivity contribution in [1.82, 2.24) is 5.32 Å². The van der Waals surface area contributed by atoms with E-state index in [4.69, 9.17) is 17.0 Å². The van der Waals surface area contributed by atoms with E-state index in [1.54, 1.807) is 24.3 Å². The first kappa shape index (κ1) is 20.2. The molecule has 4 rings (SSSR count). The third kappa shape index (κ3) is 3.83. The second-order valence-corrected chi connectivity index (χ2v) is 7.44. The fraction of sp³-hybridized carbons (Fsp3) is 0.227. The molecule has 2 saturated heterocycles. The summed E-state index contributed by atoms with van der Waals surface area (Å²) in [5, 5.41) is 2.57. The molecule has 0 atom stereocenters. The van der Waals surface area contributed by atoms with Gasteiger partial charge in [0.1, 0.15) is 11.4 Å². The number of para-hydroxylation sites is 1. The number of thiocarbonyl (C=S) groups is 1. The minimum absolute atomic E-state index is 0.0188. The molecule has 0 aromatic heterocycles. The van der Waals surface area contributed by atoms with Crippen LogP contribution in [-0.2, 0) is 14.3 Å². The predicted molar refractivity (Wildman–Crippen MR) is 117 cm³/mol. The van der Waals surface area contributed by atoms with Crippen LogP contribution < -0.4 is 15.1 Å². The maximum absolute atomic E-state index is 14.7. The molecule has 8 heteroatoms. The molecule has 30 heavy (non-hydrogen) atoms. The van der Waals surface area contributed by atoms with Crippen molar-refractivity contribution in [3.63, 3.8) is 0 Å². The van der Waals surface area contributed by atoms with Crippen LogP contribution in [0.1, 0.15) is 11.1 Å². The third-order valence-electron chi connectivity index (χ3n) is 5.09. The van der Waals surface area contributed by atoms with Crippen molar-refractivity contribution in [2.75, 3.05) is 36.1 Å². The van der Waals surface area contributed by atoms with Crippen LogP contribution in [0.5, 0.6) is 0 Å². The SMILES string of the molecule is Cc1ccccc1N1C(=O)/C(=C/c2ccc(N3CCOCC3)c(F)c2)C(=O)NC1=S. The number of ether oxygens (including phenoxy) is 1. The number of hydrogen-bond acceptors (Lipinski definition) is 5. The molecule has 2 amide bonds. The van der Waals surface area contributed by atoms with Gasteiger partial charge in [-0.2, -0.15) is 0 Å². The first-order valence-electron chi connectivity index (χ1n) is 9.55. The normalized spacial score (nSPS) is 18.7. The van der Waals surface area contributed by atoms with Gasteiger partial charge in [0.05, 0.1) is 24.6 Å². The summed E-state index contributed by atoms with van der Waals surface area (Å²) in [6.07, 6.45) is 1.39. The van der Waals surface area contributed by atoms with Gasteiger partial charge < -0.3 is 9.64 Å². The van der Waals surface area contributed by atoms with Gasteiger partial charge in [-0.15, -0.1) is 0 Å². The lowest BCUT2D eigenvalue weighted by atomic mass is 10.1. The van der Waals surface area contributed by atoms with E-state index in [9.17, 15) is 14.0 Å². The van der Waals surface area contributed by atoms with E-state index >= 15 is 0 Å². The van der Waals surface area contributed by atoms with Gasteiger partial charge in [-0.25, -0.2) is 4.39 Å². The van der Waals surface area contributed by atoms with Crippen LogP contribution in [0.2, 0.25) is 0 Å². The van der Waals surface area contributed by atoms with Gasteiger partial charge in [0.2, 0.25) is 0 Å². The van der Waals surface area contributed by atoms with Gasteiger partial charge in [0.15, 0.2) is 5.11 Å². The molecule has 2 aliphatic rings. The van der Waals surface area contributed by atoms with Crippen molar-refractivity contribution in [1.29, 1.82) is 0 Å². The largest absolute Gasteiger partial charge is 0.378 e. The van der Waals surface area contributed by atoms with E-state index in [-0.39, 0.29) is 10.7 Å². The smallest absolute Gasteiger partial charge is 0.270 e. The molecule has 0 saturated carbocycles. The Labute approximate surface area is 178 Å². The first-order valence-corrected chi connectivity index (χ1v) is 9.96. The highest BCUT2D eigenvalue weighted by molar-refractivity contribution is 7.80. The van der Waals surface area contributed by atoms with E-state index in [0.717, 1.165) is 5.56 Å². The Balaban J connectivity index is 1.66. The molecule has 2 heterocycles. The van der Waals surface area contributed by atoms with E-state index in [0.29, 0.717) is 43.2 Å². The van der Waals surface area contributed by atoms with E-state index in [1.165, 1.54) is 17.0 Å². The highest BCUT2D eigenvalue weighted by atomic mass is 32.1. The number of morpholine rings is 1. The number of carbonyl (C=O) groups is 2. The summed E-state index contributed by atoms with van der Waals surface area (Å²) in [6, 6.07) is 11.9. The first-order chi connectivity index (χ1) is 14.5. The van der Waals surface area contributed by atoms with Crippen molar-refractivity contribution in [2.24, 2.45) is 0 Å². The lowest BCUT2D eigenvalue weighted by molar-refractivity contribution is -0.122. The third-order valence-corrected chi connectivity index (χ3v) is 5.38. The van der Waals surface area contributed by atoms with Gasteiger partial charge in [0.25, 0.3) is 11.8 Å². The average molecular weight is 425 g/mol. The van der Waals surface area contributed by atoms with Gasteiger partial charge in [-0.1, -0.05) is 24.3 Å². The summed E-state index contributed by atoms with van der Waals surface area (Å²) in [5.74, 6) is -1.57. The summed E-state index contributed by atoms with van der Waals surface area (Å²) >= 11 is 5.22. The maximum Gasteiger partial charge on any atom is 0.270 e. The monoisotopic (exact) mass is 425 g/mol. The summed E-state index contributed by atoms with van der Waals surface area (Å²) in [6.45, 7) is 4.18. The number of aryl methyl sites for hydroxylation is 1. The molecule has 0 aliphatic carbocycles. The Bertz CT molecular complexity index is 1060. The van der Waals surface area contributed by atoms with Crippen molar-refractivity contribution >= 4 is 46.6 Å². The highest BCUT2D eigenvalue weighted by Crippen LogP contribution is 2.26. The van der Waals surface area contributed by atoms with Crippen LogP contribution in [0.4, 0.5) is 15.8 Å². The van der Waals surface area contributed by atoms with Gasteiger partial charge >= 0.3 is 0 Å². The maximum atomic E-state index is 14.7. The Morgan fingerprint density at radius 3 is 2.53 bits per heavy atom. The molecular weight excluding hydrogens is 405 g/mol. The Kier molecular flexibility index (Phi) is 5.61. The van der Waals surface area contributed by atoms with Crippen LogP contribution in [0.15, 0.2) is 48.0 Å². The molecule has 2 aromatic carbocycles. The fourth-order valence-corrected chi connectivity index (χ4v) is 3.80. The molecule has 0 radical (unpaired) electrons. The van der Waals surface area contributed by atoms with Crippen LogP contribution in [0.25, 0.3) is 6.08 Å². The molecule has 2 fully saturated rings. The Morgan fingerprint density at radius 2 is 1.83 bits per heavy atom. The van der Waals surface area contributed by atoms with Crippen LogP contribution in [0.3, 0.4) is 0 Å². The summed E-state index contributed by atoms with van der Waals surface area (Å²) in [4.78, 5) is 28.7. The zero-order chi connectivity index (χ0) is 21.3. The van der Waals surface area contributed by atoms with Crippen LogP contribution in [0, 0.1) is 12.7 Å². The van der Waals surface area contributed by atoms with E-state index < -0.39 is 17.6 Å². The topological polar surface area (TPSA) is 61.9 Å². The second-order valence-electron chi connectivity index (χ2n) is 7.05. The standard InChI is InChI=1S/C22H20FN3O3S/c1-14-4-2-3-5-18(14)26-21(28)16(20(27)24-22(26)30)12-15-6-7-19(17(23)13-15)25-8-10-29-11-9-25/h2-7,12-13H,8-11H2,1H3,(H,24,27,30)/b16-12+. The van der Waals surface area contributed by atoms with Crippen molar-refractivity contribution in [2.45, 2.75) is 6.92 Å². The Morgan fingerprint density at radius 1 is 1.10 bits per heavy atom. The summed E-state index contributed by atoms with van der Waals surface area (Å²) < 4.78 is 20.0. The zero-order valence-electron chi connectivity index (χ0n) is 16.4. The number of nitrogens with one attached hydrogen (secondary N) is 1. The molecule has 2 aliphatic heterocycles. The number of amides is 2. The number of carbonyl (C=O) groups excluding carboxylic acids is 2. The molecule has 1 N–H and O–H groups in total. The molecule has 0 spiro atoms. The van der Waals surface area contributed by atoms with E-state index in [2.05, 4.69) is 5.32 Å². The predicted octanol–water partition coefficient (Wildman–Crippen LogP) is 2.80. The lowest BCUT2D eigenvalue weighted by Crippen LogP contribution is -2.54. The van der Waals surface area contributed by atoms with Crippen LogP contribution >= 0.6 is 12.2 Å². The quantitative estimate of drug-likeness (QED) is 0.466. The molecule has 0 bridgehead atoms. The van der Waals surface area contributed by atoms with E-state index in [1.807, 2.05) is 24.0 Å². The number of nitrogens with zero attached hydrogens (tertiary/aromatic N) is 2. The number of benzene rings is 2. The van der Waals surface area contributed by atoms with Crippen molar-refractivity contribution < 1.29 is 18.7 Å². The minimum atomic E-state index is -0.604. The number of anilines is 2. The molecule has 2 aromatic rings. The molecule has 0 unspecified atom stereocenters. The van der Waals surface area contributed by atoms with Crippen molar-refractivity contribution in [3.8, 4) is 0 Å². The minimum Gasteiger partial charge on any atom is -0.378 e.